The van der Waals surface area contributed by atoms with Crippen molar-refractivity contribution in [3.63, 3.8) is 0 Å². The highest BCUT2D eigenvalue weighted by Gasteiger charge is 2.37. The van der Waals surface area contributed by atoms with Crippen LogP contribution in [0, 0.1) is 6.92 Å². The average Bonchev–Trinajstić information content (AvgIpc) is 2.36. The number of hydrogen-bond donors (Lipinski definition) is 2. The van der Waals surface area contributed by atoms with Crippen LogP contribution in [0.2, 0.25) is 0 Å². The van der Waals surface area contributed by atoms with Gasteiger partial charge in [-0.05, 0) is 26.3 Å². The summed E-state index contributed by atoms with van der Waals surface area (Å²) in [6, 6.07) is 7.71. The van der Waals surface area contributed by atoms with Crippen LogP contribution in [-0.4, -0.2) is 40.6 Å². The highest BCUT2D eigenvalue weighted by atomic mass is 16.3. The fourth-order valence-electron chi connectivity index (χ4n) is 2.53. The predicted molar refractivity (Wildman–Crippen MR) is 74.7 cm³/mol. The Morgan fingerprint density at radius 3 is 2.58 bits per heavy atom. The van der Waals surface area contributed by atoms with Gasteiger partial charge in [0, 0.05) is 18.6 Å². The van der Waals surface area contributed by atoms with E-state index in [4.69, 9.17) is 0 Å². The van der Waals surface area contributed by atoms with Crippen LogP contribution in [0.15, 0.2) is 24.3 Å². The molecule has 1 aliphatic rings. The number of aryl methyl sites for hydroxylation is 1. The lowest BCUT2D eigenvalue weighted by atomic mass is 9.97. The first kappa shape index (κ1) is 14.0. The molecule has 4 nitrogen and oxygen atoms in total. The van der Waals surface area contributed by atoms with Crippen LogP contribution < -0.4 is 5.32 Å². The van der Waals surface area contributed by atoms with E-state index in [-0.39, 0.29) is 18.1 Å². The van der Waals surface area contributed by atoms with Crippen LogP contribution in [0.5, 0.6) is 0 Å². The maximum atomic E-state index is 12.2. The molecule has 1 saturated heterocycles. The normalized spacial score (nSPS) is 22.6. The Bertz CT molecular complexity index is 454. The molecule has 1 aliphatic heterocycles. The topological polar surface area (TPSA) is 52.6 Å². The largest absolute Gasteiger partial charge is 0.394 e. The predicted octanol–water partition coefficient (Wildman–Crippen LogP) is 1.07. The number of benzene rings is 1. The molecule has 0 radical (unpaired) electrons. The Hall–Kier alpha value is -1.39. The summed E-state index contributed by atoms with van der Waals surface area (Å²) in [5, 5.41) is 12.5. The standard InChI is InChI=1S/C15H22N2O2/c1-11-4-6-12(7-5-11)8-17-10-15(2,3)16-13(9-18)14(17)19/h4-7,13,16,18H,8-10H2,1-3H3. The summed E-state index contributed by atoms with van der Waals surface area (Å²) in [5.41, 5.74) is 2.16. The molecule has 0 aliphatic carbocycles. The molecule has 2 rings (SSSR count). The van der Waals surface area contributed by atoms with Crippen LogP contribution in [-0.2, 0) is 11.3 Å². The SMILES string of the molecule is Cc1ccc(CN2CC(C)(C)NC(CO)C2=O)cc1. The first-order chi connectivity index (χ1) is 8.91. The number of nitrogens with zero attached hydrogens (tertiary/aromatic N) is 1. The number of nitrogens with one attached hydrogen (secondary N) is 1. The molecule has 0 saturated carbocycles. The monoisotopic (exact) mass is 262 g/mol. The molecule has 0 bridgehead atoms. The van der Waals surface area contributed by atoms with Crippen LogP contribution in [0.3, 0.4) is 0 Å². The van der Waals surface area contributed by atoms with Gasteiger partial charge < -0.3 is 10.0 Å². The van der Waals surface area contributed by atoms with Gasteiger partial charge in [0.1, 0.15) is 6.04 Å². The second-order valence-electron chi connectivity index (χ2n) is 5.94. The third kappa shape index (κ3) is 3.33. The maximum absolute atomic E-state index is 12.2. The van der Waals surface area contributed by atoms with E-state index in [1.165, 1.54) is 5.56 Å². The second kappa shape index (κ2) is 5.31. The number of carbonyl (C=O) groups excluding carboxylic acids is 1. The minimum atomic E-state index is -0.491. The van der Waals surface area contributed by atoms with Crippen molar-refractivity contribution in [2.45, 2.75) is 38.9 Å². The lowest BCUT2D eigenvalue weighted by Gasteiger charge is -2.42. The molecule has 1 unspecified atom stereocenters. The zero-order valence-corrected chi connectivity index (χ0v) is 11.8. The zero-order valence-electron chi connectivity index (χ0n) is 11.8. The Morgan fingerprint density at radius 1 is 1.37 bits per heavy atom. The summed E-state index contributed by atoms with van der Waals surface area (Å²) in [5.74, 6) is -0.0256. The first-order valence-corrected chi connectivity index (χ1v) is 6.64. The summed E-state index contributed by atoms with van der Waals surface area (Å²) in [6.45, 7) is 7.22. The van der Waals surface area contributed by atoms with E-state index in [0.29, 0.717) is 13.1 Å². The molecule has 1 aromatic rings. The molecule has 1 heterocycles. The van der Waals surface area contributed by atoms with Crippen molar-refractivity contribution in [2.24, 2.45) is 0 Å². The van der Waals surface area contributed by atoms with Gasteiger partial charge in [0.15, 0.2) is 0 Å². The molecule has 19 heavy (non-hydrogen) atoms. The lowest BCUT2D eigenvalue weighted by Crippen LogP contribution is -2.65. The average molecular weight is 262 g/mol. The Kier molecular flexibility index (Phi) is 3.92. The fraction of sp³-hybridized carbons (Fsp3) is 0.533. The van der Waals surface area contributed by atoms with Gasteiger partial charge in [0.25, 0.3) is 0 Å². The molecule has 0 spiro atoms. The van der Waals surface area contributed by atoms with Gasteiger partial charge in [-0.1, -0.05) is 29.8 Å². The summed E-state index contributed by atoms with van der Waals surface area (Å²) >= 11 is 0. The minimum Gasteiger partial charge on any atom is -0.394 e. The van der Waals surface area contributed by atoms with Crippen molar-refractivity contribution in [3.05, 3.63) is 35.4 Å². The zero-order chi connectivity index (χ0) is 14.0. The van der Waals surface area contributed by atoms with Crippen molar-refractivity contribution in [3.8, 4) is 0 Å². The third-order valence-electron chi connectivity index (χ3n) is 3.44. The van der Waals surface area contributed by atoms with Crippen molar-refractivity contribution in [1.82, 2.24) is 10.2 Å². The van der Waals surface area contributed by atoms with Crippen molar-refractivity contribution in [2.75, 3.05) is 13.2 Å². The summed E-state index contributed by atoms with van der Waals surface area (Å²) in [7, 11) is 0. The number of aliphatic hydroxyl groups is 1. The highest BCUT2D eigenvalue weighted by molar-refractivity contribution is 5.83. The third-order valence-corrected chi connectivity index (χ3v) is 3.44. The molecular weight excluding hydrogens is 240 g/mol. The van der Waals surface area contributed by atoms with E-state index in [0.717, 1.165) is 5.56 Å². The number of amides is 1. The molecule has 1 aromatic carbocycles. The van der Waals surface area contributed by atoms with Gasteiger partial charge in [-0.25, -0.2) is 0 Å². The van der Waals surface area contributed by atoms with Crippen molar-refractivity contribution < 1.29 is 9.90 Å². The first-order valence-electron chi connectivity index (χ1n) is 6.64. The molecule has 1 fully saturated rings. The van der Waals surface area contributed by atoms with Crippen LogP contribution in [0.1, 0.15) is 25.0 Å². The van der Waals surface area contributed by atoms with Crippen LogP contribution >= 0.6 is 0 Å². The van der Waals surface area contributed by atoms with E-state index < -0.39 is 6.04 Å². The Morgan fingerprint density at radius 2 is 2.00 bits per heavy atom. The maximum Gasteiger partial charge on any atom is 0.242 e. The minimum absolute atomic E-state index is 0.0256. The number of carbonyl (C=O) groups is 1. The fourth-order valence-corrected chi connectivity index (χ4v) is 2.53. The Balaban J connectivity index is 2.13. The summed E-state index contributed by atoms with van der Waals surface area (Å²) < 4.78 is 0. The van der Waals surface area contributed by atoms with Crippen LogP contribution in [0.4, 0.5) is 0 Å². The molecule has 1 atom stereocenters. The van der Waals surface area contributed by atoms with E-state index in [1.807, 2.05) is 37.8 Å². The number of piperazine rings is 1. The van der Waals surface area contributed by atoms with Gasteiger partial charge in [-0.2, -0.15) is 0 Å². The molecule has 104 valence electrons. The second-order valence-corrected chi connectivity index (χ2v) is 5.94. The van der Waals surface area contributed by atoms with Gasteiger partial charge in [0.2, 0.25) is 5.91 Å². The van der Waals surface area contributed by atoms with E-state index in [9.17, 15) is 9.90 Å². The smallest absolute Gasteiger partial charge is 0.242 e. The van der Waals surface area contributed by atoms with Crippen LogP contribution in [0.25, 0.3) is 0 Å². The molecular formula is C15H22N2O2. The highest BCUT2D eigenvalue weighted by Crippen LogP contribution is 2.18. The lowest BCUT2D eigenvalue weighted by molar-refractivity contribution is -0.140. The summed E-state index contributed by atoms with van der Waals surface area (Å²) in [4.78, 5) is 14.0. The summed E-state index contributed by atoms with van der Waals surface area (Å²) in [6.07, 6.45) is 0. The van der Waals surface area contributed by atoms with Gasteiger partial charge in [-0.3, -0.25) is 10.1 Å². The Labute approximate surface area is 114 Å². The van der Waals surface area contributed by atoms with E-state index in [2.05, 4.69) is 17.4 Å². The number of rotatable bonds is 3. The van der Waals surface area contributed by atoms with E-state index >= 15 is 0 Å². The van der Waals surface area contributed by atoms with E-state index in [1.54, 1.807) is 0 Å². The number of hydrogen-bond acceptors (Lipinski definition) is 3. The number of aliphatic hydroxyl groups excluding tert-OH is 1. The van der Waals surface area contributed by atoms with Crippen molar-refractivity contribution in [1.29, 1.82) is 0 Å². The molecule has 2 N–H and O–H groups in total. The quantitative estimate of drug-likeness (QED) is 0.856. The van der Waals surface area contributed by atoms with Gasteiger partial charge in [0.05, 0.1) is 6.61 Å². The van der Waals surface area contributed by atoms with Gasteiger partial charge >= 0.3 is 0 Å². The molecule has 0 aromatic heterocycles. The van der Waals surface area contributed by atoms with Crippen molar-refractivity contribution >= 4 is 5.91 Å². The molecule has 1 amide bonds. The van der Waals surface area contributed by atoms with Gasteiger partial charge in [-0.15, -0.1) is 0 Å². The molecule has 4 heteroatoms.